The number of benzene rings is 1. The Hall–Kier alpha value is -2.78. The minimum Gasteiger partial charge on any atom is -0.462 e. The quantitative estimate of drug-likeness (QED) is 0.516. The molecule has 0 bridgehead atoms. The van der Waals surface area contributed by atoms with Crippen molar-refractivity contribution in [2.45, 2.75) is 38.7 Å². The second-order valence-corrected chi connectivity index (χ2v) is 9.15. The van der Waals surface area contributed by atoms with Crippen molar-refractivity contribution in [2.75, 3.05) is 0 Å². The van der Waals surface area contributed by atoms with E-state index in [4.69, 9.17) is 16.3 Å². The summed E-state index contributed by atoms with van der Waals surface area (Å²) in [6.07, 6.45) is 3.61. The predicted molar refractivity (Wildman–Crippen MR) is 118 cm³/mol. The zero-order valence-electron chi connectivity index (χ0n) is 17.8. The predicted octanol–water partition coefficient (Wildman–Crippen LogP) is 6.17. The number of rotatable bonds is 4. The summed E-state index contributed by atoms with van der Waals surface area (Å²) in [5.41, 5.74) is 0.822. The number of ether oxygens (including phenoxy) is 1. The van der Waals surface area contributed by atoms with E-state index in [-0.39, 0.29) is 6.42 Å². The van der Waals surface area contributed by atoms with E-state index in [0.29, 0.717) is 10.7 Å². The van der Waals surface area contributed by atoms with Crippen LogP contribution in [0.5, 0.6) is 0 Å². The van der Waals surface area contributed by atoms with Crippen LogP contribution < -0.4 is 0 Å². The highest BCUT2D eigenvalue weighted by atomic mass is 35.5. The summed E-state index contributed by atoms with van der Waals surface area (Å²) in [5.74, 6) is -5.92. The third-order valence-electron chi connectivity index (χ3n) is 6.91. The first kappa shape index (κ1) is 22.4. The SMILES string of the molecule is C[C@H]1OC(=O)[C@]2(CC#N)CC(F)(F)[C@@H](C)[C@H](C=Cc3ccc(-c4ccccc4Cl)cn3)[C@H]12. The molecule has 1 aliphatic carbocycles. The van der Waals surface area contributed by atoms with Crippen LogP contribution in [0.4, 0.5) is 8.78 Å². The highest BCUT2D eigenvalue weighted by Gasteiger charge is 2.67. The summed E-state index contributed by atoms with van der Waals surface area (Å²) in [4.78, 5) is 17.0. The maximum atomic E-state index is 15.0. The lowest BCUT2D eigenvalue weighted by Gasteiger charge is -2.47. The lowest BCUT2D eigenvalue weighted by molar-refractivity contribution is -0.170. The molecule has 0 unspecified atom stereocenters. The van der Waals surface area contributed by atoms with Gasteiger partial charge in [0.25, 0.3) is 5.92 Å². The molecule has 1 aliphatic heterocycles. The number of carbonyl (C=O) groups is 1. The van der Waals surface area contributed by atoms with Crippen molar-refractivity contribution >= 4 is 23.6 Å². The number of carbonyl (C=O) groups excluding carboxylic acids is 1. The van der Waals surface area contributed by atoms with Crippen LogP contribution in [0.2, 0.25) is 5.02 Å². The van der Waals surface area contributed by atoms with Crippen LogP contribution in [0, 0.1) is 34.5 Å². The van der Waals surface area contributed by atoms with E-state index in [9.17, 15) is 18.8 Å². The number of pyridine rings is 1. The number of halogens is 3. The third kappa shape index (κ3) is 3.69. The summed E-state index contributed by atoms with van der Waals surface area (Å²) in [6, 6.07) is 13.0. The Balaban J connectivity index is 1.65. The van der Waals surface area contributed by atoms with Gasteiger partial charge in [0, 0.05) is 40.6 Å². The van der Waals surface area contributed by atoms with Crippen LogP contribution in [0.1, 0.15) is 32.4 Å². The topological polar surface area (TPSA) is 63.0 Å². The van der Waals surface area contributed by atoms with E-state index in [0.717, 1.165) is 11.1 Å². The molecule has 32 heavy (non-hydrogen) atoms. The first-order valence-electron chi connectivity index (χ1n) is 10.5. The number of alkyl halides is 2. The van der Waals surface area contributed by atoms with Crippen LogP contribution in [0.15, 0.2) is 48.7 Å². The van der Waals surface area contributed by atoms with E-state index in [1.54, 1.807) is 37.4 Å². The first-order valence-corrected chi connectivity index (χ1v) is 10.9. The summed E-state index contributed by atoms with van der Waals surface area (Å²) in [6.45, 7) is 3.21. The minimum atomic E-state index is -3.09. The smallest absolute Gasteiger partial charge is 0.314 e. The number of nitrogens with zero attached hydrogens (tertiary/aromatic N) is 2. The molecule has 0 N–H and O–H groups in total. The molecule has 1 saturated carbocycles. The largest absolute Gasteiger partial charge is 0.462 e. The van der Waals surface area contributed by atoms with Gasteiger partial charge in [0.1, 0.15) is 6.10 Å². The van der Waals surface area contributed by atoms with Gasteiger partial charge in [-0.1, -0.05) is 48.9 Å². The van der Waals surface area contributed by atoms with Gasteiger partial charge in [0.05, 0.1) is 23.6 Å². The molecule has 5 atom stereocenters. The van der Waals surface area contributed by atoms with Gasteiger partial charge in [-0.3, -0.25) is 9.78 Å². The Morgan fingerprint density at radius 2 is 2.03 bits per heavy atom. The fourth-order valence-corrected chi connectivity index (χ4v) is 5.48. The van der Waals surface area contributed by atoms with E-state index in [1.165, 1.54) is 6.92 Å². The summed E-state index contributed by atoms with van der Waals surface area (Å²) < 4.78 is 35.3. The van der Waals surface area contributed by atoms with E-state index in [1.807, 2.05) is 30.3 Å². The Morgan fingerprint density at radius 3 is 2.69 bits per heavy atom. The molecule has 2 aliphatic rings. The van der Waals surface area contributed by atoms with Gasteiger partial charge in [-0.05, 0) is 31.1 Å². The number of esters is 1. The Kier molecular flexibility index (Phi) is 5.81. The molecule has 2 heterocycles. The van der Waals surface area contributed by atoms with Crippen molar-refractivity contribution < 1.29 is 18.3 Å². The first-order chi connectivity index (χ1) is 15.2. The summed E-state index contributed by atoms with van der Waals surface area (Å²) in [7, 11) is 0. The zero-order valence-corrected chi connectivity index (χ0v) is 18.5. The number of aromatic nitrogens is 1. The van der Waals surface area contributed by atoms with Crippen molar-refractivity contribution in [1.29, 1.82) is 5.26 Å². The number of cyclic esters (lactones) is 1. The van der Waals surface area contributed by atoms with Gasteiger partial charge < -0.3 is 4.74 Å². The second-order valence-electron chi connectivity index (χ2n) is 8.74. The fraction of sp³-hybridized carbons (Fsp3) is 0.400. The molecule has 166 valence electrons. The molecule has 1 aromatic heterocycles. The third-order valence-corrected chi connectivity index (χ3v) is 7.24. The Labute approximate surface area is 190 Å². The molecule has 0 amide bonds. The maximum absolute atomic E-state index is 15.0. The standard InChI is InChI=1S/C25H23ClF2N2O2/c1-15-19(22-16(2)32-23(31)24(22,11-12-29)14-25(15,27)28)10-9-18-8-7-17(13-30-18)20-5-3-4-6-21(20)26/h3-10,13,15-16,19,22H,11,14H2,1-2H3/t15-,16+,19-,22-,24+/m0/s1. The average Bonchev–Trinajstić information content (AvgIpc) is 2.98. The van der Waals surface area contributed by atoms with Crippen LogP contribution in [0.25, 0.3) is 17.2 Å². The van der Waals surface area contributed by atoms with Crippen LogP contribution >= 0.6 is 11.6 Å². The van der Waals surface area contributed by atoms with Gasteiger partial charge in [-0.25, -0.2) is 8.78 Å². The highest BCUT2D eigenvalue weighted by molar-refractivity contribution is 6.33. The van der Waals surface area contributed by atoms with Crippen molar-refractivity contribution in [1.82, 2.24) is 4.98 Å². The highest BCUT2D eigenvalue weighted by Crippen LogP contribution is 2.60. The minimum absolute atomic E-state index is 0.279. The summed E-state index contributed by atoms with van der Waals surface area (Å²) in [5, 5.41) is 9.91. The number of hydrogen-bond donors (Lipinski definition) is 0. The molecular weight excluding hydrogens is 434 g/mol. The van der Waals surface area contributed by atoms with Crippen molar-refractivity contribution in [3.8, 4) is 17.2 Å². The number of hydrogen-bond acceptors (Lipinski definition) is 4. The normalized spacial score (nSPS) is 31.2. The van der Waals surface area contributed by atoms with Crippen LogP contribution in [-0.4, -0.2) is 23.0 Å². The zero-order chi connectivity index (χ0) is 23.1. The molecule has 2 aromatic rings. The molecule has 7 heteroatoms. The second kappa shape index (κ2) is 8.29. The van der Waals surface area contributed by atoms with Gasteiger partial charge in [0.2, 0.25) is 0 Å². The molecule has 1 saturated heterocycles. The Morgan fingerprint density at radius 1 is 1.28 bits per heavy atom. The summed E-state index contributed by atoms with van der Waals surface area (Å²) >= 11 is 6.24. The number of fused-ring (bicyclic) bond motifs is 1. The maximum Gasteiger partial charge on any atom is 0.314 e. The number of allylic oxidation sites excluding steroid dienone is 1. The molecule has 4 nitrogen and oxygen atoms in total. The van der Waals surface area contributed by atoms with Crippen LogP contribution in [-0.2, 0) is 9.53 Å². The van der Waals surface area contributed by atoms with Gasteiger partial charge in [-0.2, -0.15) is 5.26 Å². The van der Waals surface area contributed by atoms with Crippen molar-refractivity contribution in [3.05, 3.63) is 59.4 Å². The average molecular weight is 457 g/mol. The molecule has 1 aromatic carbocycles. The number of nitriles is 1. The molecule has 2 fully saturated rings. The molecule has 4 rings (SSSR count). The Bertz CT molecular complexity index is 1100. The van der Waals surface area contributed by atoms with Gasteiger partial charge in [-0.15, -0.1) is 0 Å². The van der Waals surface area contributed by atoms with E-state index >= 15 is 0 Å². The fourth-order valence-electron chi connectivity index (χ4n) is 5.24. The molecule has 0 radical (unpaired) electrons. The van der Waals surface area contributed by atoms with Crippen molar-refractivity contribution in [3.63, 3.8) is 0 Å². The van der Waals surface area contributed by atoms with Gasteiger partial charge in [0.15, 0.2) is 0 Å². The van der Waals surface area contributed by atoms with Crippen molar-refractivity contribution in [2.24, 2.45) is 23.2 Å². The van der Waals surface area contributed by atoms with Crippen LogP contribution in [0.3, 0.4) is 0 Å². The molecule has 0 spiro atoms. The lowest BCUT2D eigenvalue weighted by Crippen LogP contribution is -2.53. The van der Waals surface area contributed by atoms with E-state index in [2.05, 4.69) is 4.98 Å². The van der Waals surface area contributed by atoms with Gasteiger partial charge >= 0.3 is 5.97 Å². The molecular formula is C25H23ClF2N2O2. The van der Waals surface area contributed by atoms with E-state index < -0.39 is 47.6 Å². The monoisotopic (exact) mass is 456 g/mol. The lowest BCUT2D eigenvalue weighted by atomic mass is 9.55.